The lowest BCUT2D eigenvalue weighted by Crippen LogP contribution is -2.44. The number of hydrogen-bond acceptors (Lipinski definition) is 4. The fourth-order valence-electron chi connectivity index (χ4n) is 3.86. The number of para-hydroxylation sites is 1. The van der Waals surface area contributed by atoms with Gasteiger partial charge in [-0.05, 0) is 18.1 Å². The predicted molar refractivity (Wildman–Crippen MR) is 114 cm³/mol. The molecule has 1 amide bonds. The van der Waals surface area contributed by atoms with Gasteiger partial charge >= 0.3 is 0 Å². The number of rotatable bonds is 3. The van der Waals surface area contributed by atoms with Gasteiger partial charge in [-0.15, -0.1) is 0 Å². The van der Waals surface area contributed by atoms with E-state index in [1.54, 1.807) is 0 Å². The normalized spacial score (nSPS) is 20.2. The number of hydrogen-bond donors (Lipinski definition) is 1. The van der Waals surface area contributed by atoms with E-state index in [9.17, 15) is 4.79 Å². The van der Waals surface area contributed by atoms with Gasteiger partial charge in [-0.25, -0.2) is 0 Å². The van der Waals surface area contributed by atoms with Gasteiger partial charge in [0.2, 0.25) is 4.87 Å². The Morgan fingerprint density at radius 3 is 2.43 bits per heavy atom. The number of carbonyl (C=O) groups excluding carboxylic acids is 1. The Morgan fingerprint density at radius 1 is 0.964 bits per heavy atom. The Hall–Kier alpha value is -3.05. The number of fused-ring (bicyclic) bond motifs is 2. The molecular formula is C23H19N3OS. The molecule has 1 N–H and O–H groups in total. The van der Waals surface area contributed by atoms with Gasteiger partial charge in [0.05, 0.1) is 12.2 Å². The van der Waals surface area contributed by atoms with E-state index in [-0.39, 0.29) is 5.91 Å². The lowest BCUT2D eigenvalue weighted by molar-refractivity contribution is -0.121. The zero-order valence-corrected chi connectivity index (χ0v) is 16.2. The molecule has 2 aliphatic rings. The van der Waals surface area contributed by atoms with E-state index in [4.69, 9.17) is 0 Å². The first-order valence-corrected chi connectivity index (χ1v) is 10.1. The number of nitrogens with one attached hydrogen (secondary N) is 1. The Morgan fingerprint density at radius 2 is 1.68 bits per heavy atom. The number of hydrazone groups is 1. The summed E-state index contributed by atoms with van der Waals surface area (Å²) in [6.45, 7) is 2.60. The lowest BCUT2D eigenvalue weighted by Gasteiger charge is -2.23. The molecule has 0 aromatic heterocycles. The topological polar surface area (TPSA) is 44.7 Å². The zero-order valence-electron chi connectivity index (χ0n) is 15.4. The minimum atomic E-state index is -0.901. The highest BCUT2D eigenvalue weighted by atomic mass is 32.2. The van der Waals surface area contributed by atoms with Crippen molar-refractivity contribution in [1.29, 1.82) is 0 Å². The number of nitrogens with zero attached hydrogens (tertiary/aromatic N) is 2. The molecule has 0 aliphatic carbocycles. The fraction of sp³-hybridized carbons (Fsp3) is 0.130. The number of thioether (sulfide) groups is 1. The summed E-state index contributed by atoms with van der Waals surface area (Å²) in [7, 11) is 0. The quantitative estimate of drug-likeness (QED) is 0.727. The minimum absolute atomic E-state index is 0.0281. The van der Waals surface area contributed by atoms with Crippen LogP contribution < -0.4 is 10.3 Å². The van der Waals surface area contributed by atoms with Crippen LogP contribution in [0.15, 0.2) is 84.0 Å². The minimum Gasteiger partial charge on any atom is -0.304 e. The maximum Gasteiger partial charge on any atom is 0.270 e. The SMILES string of the molecule is Cc1cccc2c1N(Cc1ccccc1)C(=O)C21NN=C(c2ccccc2)S1. The van der Waals surface area contributed by atoms with Crippen LogP contribution in [-0.4, -0.2) is 11.0 Å². The summed E-state index contributed by atoms with van der Waals surface area (Å²) in [6, 6.07) is 26.2. The first-order chi connectivity index (χ1) is 13.7. The number of benzene rings is 3. The highest BCUT2D eigenvalue weighted by molar-refractivity contribution is 8.16. The van der Waals surface area contributed by atoms with Crippen LogP contribution >= 0.6 is 11.8 Å². The fourth-order valence-corrected chi connectivity index (χ4v) is 5.05. The van der Waals surface area contributed by atoms with Crippen molar-refractivity contribution in [2.24, 2.45) is 5.10 Å². The summed E-state index contributed by atoms with van der Waals surface area (Å²) < 4.78 is 0. The largest absolute Gasteiger partial charge is 0.304 e. The van der Waals surface area contributed by atoms with Crippen molar-refractivity contribution < 1.29 is 4.79 Å². The van der Waals surface area contributed by atoms with E-state index in [1.165, 1.54) is 11.8 Å². The highest BCUT2D eigenvalue weighted by Crippen LogP contribution is 2.52. The smallest absolute Gasteiger partial charge is 0.270 e. The van der Waals surface area contributed by atoms with Crippen molar-refractivity contribution in [1.82, 2.24) is 5.43 Å². The molecule has 0 bridgehead atoms. The summed E-state index contributed by atoms with van der Waals surface area (Å²) in [5, 5.41) is 5.38. The highest BCUT2D eigenvalue weighted by Gasteiger charge is 2.55. The van der Waals surface area contributed by atoms with Crippen LogP contribution in [0, 0.1) is 6.92 Å². The summed E-state index contributed by atoms with van der Waals surface area (Å²) >= 11 is 1.50. The molecule has 1 spiro atoms. The molecule has 0 radical (unpaired) electrons. The van der Waals surface area contributed by atoms with Crippen LogP contribution in [-0.2, 0) is 16.2 Å². The monoisotopic (exact) mass is 385 g/mol. The van der Waals surface area contributed by atoms with Gasteiger partial charge in [-0.1, -0.05) is 90.6 Å². The molecule has 4 nitrogen and oxygen atoms in total. The second-order valence-electron chi connectivity index (χ2n) is 7.03. The van der Waals surface area contributed by atoms with Crippen molar-refractivity contribution in [3.05, 3.63) is 101 Å². The van der Waals surface area contributed by atoms with E-state index >= 15 is 0 Å². The van der Waals surface area contributed by atoms with E-state index in [1.807, 2.05) is 65.6 Å². The first-order valence-electron chi connectivity index (χ1n) is 9.24. The van der Waals surface area contributed by atoms with Gasteiger partial charge in [0, 0.05) is 11.1 Å². The molecule has 0 saturated carbocycles. The molecule has 0 saturated heterocycles. The third kappa shape index (κ3) is 2.54. The Bertz CT molecular complexity index is 1080. The van der Waals surface area contributed by atoms with Crippen molar-refractivity contribution in [2.45, 2.75) is 18.3 Å². The zero-order chi connectivity index (χ0) is 19.1. The Labute approximate surface area is 168 Å². The van der Waals surface area contributed by atoms with E-state index < -0.39 is 4.87 Å². The maximum absolute atomic E-state index is 13.7. The predicted octanol–water partition coefficient (Wildman–Crippen LogP) is 4.39. The molecule has 138 valence electrons. The number of carbonyl (C=O) groups is 1. The molecule has 5 heteroatoms. The second-order valence-corrected chi connectivity index (χ2v) is 8.23. The lowest BCUT2D eigenvalue weighted by atomic mass is 10.0. The van der Waals surface area contributed by atoms with Crippen LogP contribution in [0.5, 0.6) is 0 Å². The third-order valence-electron chi connectivity index (χ3n) is 5.20. The van der Waals surface area contributed by atoms with E-state index in [0.717, 1.165) is 33.0 Å². The third-order valence-corrected chi connectivity index (χ3v) is 6.51. The molecule has 3 aromatic rings. The molecule has 3 aromatic carbocycles. The molecule has 28 heavy (non-hydrogen) atoms. The van der Waals surface area contributed by atoms with Gasteiger partial charge in [0.1, 0.15) is 5.04 Å². The van der Waals surface area contributed by atoms with E-state index in [0.29, 0.717) is 6.54 Å². The van der Waals surface area contributed by atoms with E-state index in [2.05, 4.69) is 35.7 Å². The number of aryl methyl sites for hydroxylation is 1. The molecule has 0 fully saturated rings. The molecule has 2 heterocycles. The summed E-state index contributed by atoms with van der Waals surface area (Å²) in [4.78, 5) is 14.7. The van der Waals surface area contributed by atoms with Crippen LogP contribution in [0.2, 0.25) is 0 Å². The van der Waals surface area contributed by atoms with Gasteiger partial charge in [-0.3, -0.25) is 10.2 Å². The molecule has 1 unspecified atom stereocenters. The van der Waals surface area contributed by atoms with Gasteiger partial charge < -0.3 is 4.90 Å². The van der Waals surface area contributed by atoms with Gasteiger partial charge in [-0.2, -0.15) is 5.10 Å². The molecule has 5 rings (SSSR count). The summed E-state index contributed by atoms with van der Waals surface area (Å²) in [5.74, 6) is 0.0281. The van der Waals surface area contributed by atoms with Crippen molar-refractivity contribution in [3.8, 4) is 0 Å². The van der Waals surface area contributed by atoms with Gasteiger partial charge in [0.15, 0.2) is 0 Å². The number of amides is 1. The van der Waals surface area contributed by atoms with Crippen LogP contribution in [0.25, 0.3) is 0 Å². The van der Waals surface area contributed by atoms with Crippen molar-refractivity contribution >= 4 is 28.4 Å². The molecule has 1 atom stereocenters. The number of anilines is 1. The standard InChI is InChI=1S/C23H19N3OS/c1-16-9-8-14-19-20(16)26(15-17-10-4-2-5-11-17)22(27)23(19)25-24-21(28-23)18-12-6-3-7-13-18/h2-14,25H,15H2,1H3. The van der Waals surface area contributed by atoms with Crippen LogP contribution in [0.1, 0.15) is 22.3 Å². The van der Waals surface area contributed by atoms with Gasteiger partial charge in [0.25, 0.3) is 5.91 Å². The van der Waals surface area contributed by atoms with Crippen LogP contribution in [0.3, 0.4) is 0 Å². The maximum atomic E-state index is 13.7. The van der Waals surface area contributed by atoms with Crippen LogP contribution in [0.4, 0.5) is 5.69 Å². The summed E-state index contributed by atoms with van der Waals surface area (Å²) in [5.41, 5.74) is 8.37. The Balaban J connectivity index is 1.56. The second kappa shape index (κ2) is 6.53. The average Bonchev–Trinajstić information content (AvgIpc) is 3.28. The summed E-state index contributed by atoms with van der Waals surface area (Å²) in [6.07, 6.45) is 0. The Kier molecular flexibility index (Phi) is 3.98. The van der Waals surface area contributed by atoms with Crippen molar-refractivity contribution in [3.63, 3.8) is 0 Å². The average molecular weight is 385 g/mol. The molecular weight excluding hydrogens is 366 g/mol. The first kappa shape index (κ1) is 17.1. The molecule has 2 aliphatic heterocycles. The van der Waals surface area contributed by atoms with Crippen molar-refractivity contribution in [2.75, 3.05) is 4.90 Å².